The number of para-hydroxylation sites is 1. The van der Waals surface area contributed by atoms with Gasteiger partial charge < -0.3 is 10.1 Å². The quantitative estimate of drug-likeness (QED) is 0.744. The standard InChI is InChI=1S/C18H21NO/c1-3-8-15(2)19-14-16-9-7-12-18(13-16)20-17-10-5-4-6-11-17/h3-7,9-13,15,19H,1,8,14H2,2H3. The van der Waals surface area contributed by atoms with Crippen LogP contribution < -0.4 is 10.1 Å². The summed E-state index contributed by atoms with van der Waals surface area (Å²) in [5.74, 6) is 1.73. The minimum Gasteiger partial charge on any atom is -0.457 e. The Morgan fingerprint density at radius 2 is 1.85 bits per heavy atom. The molecule has 2 heteroatoms. The average Bonchev–Trinajstić information content (AvgIpc) is 2.47. The molecule has 0 heterocycles. The molecule has 0 amide bonds. The van der Waals surface area contributed by atoms with Crippen LogP contribution in [0.15, 0.2) is 67.3 Å². The van der Waals surface area contributed by atoms with Crippen molar-refractivity contribution < 1.29 is 4.74 Å². The topological polar surface area (TPSA) is 21.3 Å². The maximum absolute atomic E-state index is 5.83. The van der Waals surface area contributed by atoms with E-state index >= 15 is 0 Å². The number of hydrogen-bond acceptors (Lipinski definition) is 2. The van der Waals surface area contributed by atoms with Gasteiger partial charge in [-0.25, -0.2) is 0 Å². The molecule has 0 saturated heterocycles. The lowest BCUT2D eigenvalue weighted by Gasteiger charge is -2.12. The summed E-state index contributed by atoms with van der Waals surface area (Å²) in [6.45, 7) is 6.75. The molecule has 0 fully saturated rings. The summed E-state index contributed by atoms with van der Waals surface area (Å²) in [5, 5.41) is 3.46. The molecule has 0 radical (unpaired) electrons. The molecular weight excluding hydrogens is 246 g/mol. The molecule has 104 valence electrons. The monoisotopic (exact) mass is 267 g/mol. The third kappa shape index (κ3) is 4.56. The van der Waals surface area contributed by atoms with Gasteiger partial charge in [0.05, 0.1) is 0 Å². The highest BCUT2D eigenvalue weighted by molar-refractivity contribution is 5.33. The van der Waals surface area contributed by atoms with E-state index in [0.29, 0.717) is 6.04 Å². The highest BCUT2D eigenvalue weighted by Crippen LogP contribution is 2.21. The van der Waals surface area contributed by atoms with Gasteiger partial charge in [-0.05, 0) is 43.2 Å². The summed E-state index contributed by atoms with van der Waals surface area (Å²) >= 11 is 0. The molecule has 0 aliphatic rings. The Balaban J connectivity index is 1.95. The smallest absolute Gasteiger partial charge is 0.127 e. The lowest BCUT2D eigenvalue weighted by Crippen LogP contribution is -2.24. The third-order valence-electron chi connectivity index (χ3n) is 3.05. The lowest BCUT2D eigenvalue weighted by atomic mass is 10.2. The van der Waals surface area contributed by atoms with Crippen LogP contribution >= 0.6 is 0 Å². The molecule has 0 spiro atoms. The molecule has 1 N–H and O–H groups in total. The van der Waals surface area contributed by atoms with E-state index < -0.39 is 0 Å². The molecule has 2 rings (SSSR count). The predicted octanol–water partition coefficient (Wildman–Crippen LogP) is 4.53. The molecule has 0 bridgehead atoms. The molecule has 0 saturated carbocycles. The van der Waals surface area contributed by atoms with Gasteiger partial charge in [-0.15, -0.1) is 6.58 Å². The van der Waals surface area contributed by atoms with Crippen molar-refractivity contribution in [3.63, 3.8) is 0 Å². The van der Waals surface area contributed by atoms with Crippen molar-refractivity contribution >= 4 is 0 Å². The number of ether oxygens (including phenoxy) is 1. The second kappa shape index (κ2) is 7.51. The van der Waals surface area contributed by atoms with Crippen molar-refractivity contribution in [2.24, 2.45) is 0 Å². The van der Waals surface area contributed by atoms with E-state index in [4.69, 9.17) is 4.74 Å². The zero-order chi connectivity index (χ0) is 14.2. The highest BCUT2D eigenvalue weighted by Gasteiger charge is 2.01. The average molecular weight is 267 g/mol. The van der Waals surface area contributed by atoms with Crippen LogP contribution in [0.5, 0.6) is 11.5 Å². The number of nitrogens with one attached hydrogen (secondary N) is 1. The highest BCUT2D eigenvalue weighted by atomic mass is 16.5. The summed E-state index contributed by atoms with van der Waals surface area (Å²) < 4.78 is 5.83. The summed E-state index contributed by atoms with van der Waals surface area (Å²) in [4.78, 5) is 0. The van der Waals surface area contributed by atoms with Gasteiger partial charge in [-0.3, -0.25) is 0 Å². The predicted molar refractivity (Wildman–Crippen MR) is 84.1 cm³/mol. The van der Waals surface area contributed by atoms with Gasteiger partial charge in [0, 0.05) is 12.6 Å². The van der Waals surface area contributed by atoms with E-state index in [2.05, 4.69) is 31.0 Å². The molecule has 0 aliphatic heterocycles. The van der Waals surface area contributed by atoms with Gasteiger partial charge in [0.2, 0.25) is 0 Å². The normalized spacial score (nSPS) is 11.8. The SMILES string of the molecule is C=CCC(C)NCc1cccc(Oc2ccccc2)c1. The van der Waals surface area contributed by atoms with Crippen molar-refractivity contribution in [2.45, 2.75) is 25.9 Å². The molecule has 2 aromatic carbocycles. The zero-order valence-electron chi connectivity index (χ0n) is 11.9. The molecule has 2 nitrogen and oxygen atoms in total. The van der Waals surface area contributed by atoms with Crippen LogP contribution in [-0.4, -0.2) is 6.04 Å². The van der Waals surface area contributed by atoms with Gasteiger partial charge in [0.25, 0.3) is 0 Å². The van der Waals surface area contributed by atoms with E-state index in [0.717, 1.165) is 24.5 Å². The molecule has 0 aliphatic carbocycles. The van der Waals surface area contributed by atoms with E-state index in [1.54, 1.807) is 0 Å². The Hall–Kier alpha value is -2.06. The molecule has 1 atom stereocenters. The maximum atomic E-state index is 5.83. The summed E-state index contributed by atoms with van der Waals surface area (Å²) in [7, 11) is 0. The maximum Gasteiger partial charge on any atom is 0.127 e. The Labute approximate surface area is 121 Å². The molecule has 1 unspecified atom stereocenters. The largest absolute Gasteiger partial charge is 0.457 e. The van der Waals surface area contributed by atoms with E-state index in [9.17, 15) is 0 Å². The first-order valence-electron chi connectivity index (χ1n) is 6.94. The van der Waals surface area contributed by atoms with Crippen molar-refractivity contribution in [1.82, 2.24) is 5.32 Å². The first kappa shape index (κ1) is 14.4. The van der Waals surface area contributed by atoms with Crippen LogP contribution in [-0.2, 0) is 6.54 Å². The second-order valence-electron chi connectivity index (χ2n) is 4.87. The van der Waals surface area contributed by atoms with Crippen LogP contribution in [0.4, 0.5) is 0 Å². The Morgan fingerprint density at radius 3 is 2.60 bits per heavy atom. The van der Waals surface area contributed by atoms with Gasteiger partial charge in [-0.2, -0.15) is 0 Å². The third-order valence-corrected chi connectivity index (χ3v) is 3.05. The van der Waals surface area contributed by atoms with Crippen molar-refractivity contribution in [2.75, 3.05) is 0 Å². The second-order valence-corrected chi connectivity index (χ2v) is 4.87. The Kier molecular flexibility index (Phi) is 5.39. The van der Waals surface area contributed by atoms with Gasteiger partial charge in [0.1, 0.15) is 11.5 Å². The van der Waals surface area contributed by atoms with Gasteiger partial charge >= 0.3 is 0 Å². The number of benzene rings is 2. The number of rotatable bonds is 7. The van der Waals surface area contributed by atoms with Crippen molar-refractivity contribution in [3.8, 4) is 11.5 Å². The Morgan fingerprint density at radius 1 is 1.10 bits per heavy atom. The van der Waals surface area contributed by atoms with Crippen LogP contribution in [0.2, 0.25) is 0 Å². The first-order chi connectivity index (χ1) is 9.78. The van der Waals surface area contributed by atoms with Crippen LogP contribution in [0, 0.1) is 0 Å². The summed E-state index contributed by atoms with van der Waals surface area (Å²) in [6, 6.07) is 18.4. The van der Waals surface area contributed by atoms with E-state index in [1.807, 2.05) is 48.5 Å². The fourth-order valence-electron chi connectivity index (χ4n) is 1.97. The molecule has 2 aromatic rings. The molecular formula is C18H21NO. The fraction of sp³-hybridized carbons (Fsp3) is 0.222. The summed E-state index contributed by atoms with van der Waals surface area (Å²) in [5.41, 5.74) is 1.22. The van der Waals surface area contributed by atoms with Crippen LogP contribution in [0.25, 0.3) is 0 Å². The van der Waals surface area contributed by atoms with Crippen molar-refractivity contribution in [1.29, 1.82) is 0 Å². The Bertz CT molecular complexity index is 536. The molecule has 20 heavy (non-hydrogen) atoms. The van der Waals surface area contributed by atoms with Gasteiger partial charge in [0.15, 0.2) is 0 Å². The van der Waals surface area contributed by atoms with Crippen LogP contribution in [0.3, 0.4) is 0 Å². The lowest BCUT2D eigenvalue weighted by molar-refractivity contribution is 0.480. The first-order valence-corrected chi connectivity index (χ1v) is 6.94. The molecule has 0 aromatic heterocycles. The fourth-order valence-corrected chi connectivity index (χ4v) is 1.97. The minimum atomic E-state index is 0.436. The van der Waals surface area contributed by atoms with Crippen molar-refractivity contribution in [3.05, 3.63) is 72.8 Å². The minimum absolute atomic E-state index is 0.436. The van der Waals surface area contributed by atoms with Crippen LogP contribution in [0.1, 0.15) is 18.9 Å². The summed E-state index contributed by atoms with van der Waals surface area (Å²) in [6.07, 6.45) is 2.91. The number of hydrogen-bond donors (Lipinski definition) is 1. The zero-order valence-corrected chi connectivity index (χ0v) is 11.9. The van der Waals surface area contributed by atoms with E-state index in [1.165, 1.54) is 5.56 Å². The van der Waals surface area contributed by atoms with E-state index in [-0.39, 0.29) is 0 Å². The van der Waals surface area contributed by atoms with Gasteiger partial charge in [-0.1, -0.05) is 36.4 Å².